The van der Waals surface area contributed by atoms with Crippen LogP contribution < -0.4 is 4.90 Å². The Bertz CT molecular complexity index is 993. The maximum absolute atomic E-state index is 13.3. The van der Waals surface area contributed by atoms with Crippen molar-refractivity contribution >= 4 is 35.2 Å². The first-order valence-corrected chi connectivity index (χ1v) is 9.28. The molecule has 0 saturated carbocycles. The van der Waals surface area contributed by atoms with Gasteiger partial charge in [-0.15, -0.1) is 0 Å². The minimum atomic E-state index is -0.890. The van der Waals surface area contributed by atoms with E-state index < -0.39 is 46.1 Å². The lowest BCUT2D eigenvalue weighted by Gasteiger charge is -2.33. The number of amides is 2. The van der Waals surface area contributed by atoms with Crippen molar-refractivity contribution in [2.45, 2.75) is 32.9 Å². The number of hydrogen-bond donors (Lipinski definition) is 0. The van der Waals surface area contributed by atoms with Crippen LogP contribution in [0.15, 0.2) is 41.5 Å². The third-order valence-corrected chi connectivity index (χ3v) is 5.60. The van der Waals surface area contributed by atoms with Crippen LogP contribution in [-0.4, -0.2) is 45.8 Å². The molecule has 1 aromatic rings. The molecule has 9 heteroatoms. The molecule has 4 rings (SSSR count). The molecule has 0 N–H and O–H groups in total. The topological polar surface area (TPSA) is 113 Å². The van der Waals surface area contributed by atoms with E-state index in [4.69, 9.17) is 0 Å². The molecule has 0 unspecified atom stereocenters. The summed E-state index contributed by atoms with van der Waals surface area (Å²) >= 11 is 0. The van der Waals surface area contributed by atoms with E-state index in [1.54, 1.807) is 37.9 Å². The third-order valence-electron chi connectivity index (χ3n) is 5.60. The second-order valence-corrected chi connectivity index (χ2v) is 8.42. The fourth-order valence-corrected chi connectivity index (χ4v) is 4.28. The molecule has 150 valence electrons. The van der Waals surface area contributed by atoms with Crippen molar-refractivity contribution in [3.8, 4) is 0 Å². The van der Waals surface area contributed by atoms with Gasteiger partial charge in [-0.1, -0.05) is 32.9 Å². The molecule has 4 atom stereocenters. The van der Waals surface area contributed by atoms with Crippen molar-refractivity contribution in [3.63, 3.8) is 0 Å². The van der Waals surface area contributed by atoms with Gasteiger partial charge in [-0.3, -0.25) is 29.5 Å². The molecule has 29 heavy (non-hydrogen) atoms. The smallest absolute Gasteiger partial charge is 0.271 e. The van der Waals surface area contributed by atoms with Crippen molar-refractivity contribution in [3.05, 3.63) is 46.5 Å². The number of imide groups is 1. The van der Waals surface area contributed by atoms with E-state index in [9.17, 15) is 24.5 Å². The van der Waals surface area contributed by atoms with Gasteiger partial charge in [0.1, 0.15) is 6.04 Å². The number of nitrogens with zero attached hydrogens (tertiary/aromatic N) is 4. The predicted octanol–water partition coefficient (Wildman–Crippen LogP) is 1.92. The maximum Gasteiger partial charge on any atom is 0.271 e. The fraction of sp³-hybridized carbons (Fsp3) is 0.400. The van der Waals surface area contributed by atoms with Crippen LogP contribution in [0.3, 0.4) is 0 Å². The van der Waals surface area contributed by atoms with Gasteiger partial charge in [-0.25, -0.2) is 4.90 Å². The Hall–Kier alpha value is -3.36. The molecule has 1 aromatic carbocycles. The second kappa shape index (κ2) is 6.33. The molecule has 3 heterocycles. The molecule has 2 fully saturated rings. The summed E-state index contributed by atoms with van der Waals surface area (Å²) < 4.78 is 0. The molecule has 2 amide bonds. The second-order valence-electron chi connectivity index (χ2n) is 8.42. The fourth-order valence-electron chi connectivity index (χ4n) is 4.28. The van der Waals surface area contributed by atoms with Gasteiger partial charge in [-0.05, 0) is 12.1 Å². The number of non-ortho nitro benzene ring substituents is 1. The molecule has 0 aromatic heterocycles. The minimum Gasteiger partial charge on any atom is -0.297 e. The van der Waals surface area contributed by atoms with Crippen molar-refractivity contribution < 1.29 is 19.3 Å². The molecule has 0 radical (unpaired) electrons. The first-order chi connectivity index (χ1) is 13.6. The summed E-state index contributed by atoms with van der Waals surface area (Å²) in [7, 11) is 0. The number of hydrazone groups is 1. The number of fused-ring (bicyclic) bond motifs is 3. The maximum atomic E-state index is 13.3. The first kappa shape index (κ1) is 19.0. The third kappa shape index (κ3) is 2.76. The monoisotopic (exact) mass is 396 g/mol. The van der Waals surface area contributed by atoms with E-state index in [1.807, 2.05) is 0 Å². The number of carbonyl (C=O) groups is 3. The molecule has 0 bridgehead atoms. The number of ketones is 1. The van der Waals surface area contributed by atoms with Crippen LogP contribution >= 0.6 is 0 Å². The van der Waals surface area contributed by atoms with Gasteiger partial charge < -0.3 is 0 Å². The molecule has 9 nitrogen and oxygen atoms in total. The van der Waals surface area contributed by atoms with Crippen LogP contribution in [0.5, 0.6) is 0 Å². The molecule has 0 spiro atoms. The molecule has 3 aliphatic rings. The average molecular weight is 396 g/mol. The lowest BCUT2D eigenvalue weighted by molar-refractivity contribution is -0.384. The van der Waals surface area contributed by atoms with Crippen LogP contribution in [0.2, 0.25) is 0 Å². The van der Waals surface area contributed by atoms with E-state index in [0.29, 0.717) is 0 Å². The van der Waals surface area contributed by atoms with Gasteiger partial charge in [0.15, 0.2) is 5.78 Å². The highest BCUT2D eigenvalue weighted by Gasteiger charge is 2.64. The van der Waals surface area contributed by atoms with E-state index in [-0.39, 0.29) is 17.2 Å². The lowest BCUT2D eigenvalue weighted by atomic mass is 9.80. The van der Waals surface area contributed by atoms with Gasteiger partial charge >= 0.3 is 0 Å². The Morgan fingerprint density at radius 2 is 1.86 bits per heavy atom. The zero-order chi connectivity index (χ0) is 21.1. The quantitative estimate of drug-likeness (QED) is 0.438. The predicted molar refractivity (Wildman–Crippen MR) is 104 cm³/mol. The normalized spacial score (nSPS) is 28.0. The summed E-state index contributed by atoms with van der Waals surface area (Å²) in [6, 6.07) is 4.02. The molecule has 0 aliphatic carbocycles. The number of allylic oxidation sites excluding steroid dienone is 1. The average Bonchev–Trinajstić information content (AvgIpc) is 3.13. The number of hydrogen-bond acceptors (Lipinski definition) is 7. The van der Waals surface area contributed by atoms with E-state index in [2.05, 4.69) is 5.10 Å². The molecular weight excluding hydrogens is 376 g/mol. The number of Topliss-reactive ketones (excluding diaryl/α,β-unsaturated/α-hetero) is 1. The Morgan fingerprint density at radius 1 is 1.17 bits per heavy atom. The number of benzene rings is 1. The van der Waals surface area contributed by atoms with Crippen LogP contribution in [0.25, 0.3) is 0 Å². The lowest BCUT2D eigenvalue weighted by Crippen LogP contribution is -2.49. The summed E-state index contributed by atoms with van der Waals surface area (Å²) in [6.07, 6.45) is 4.99. The number of carbonyl (C=O) groups excluding carboxylic acids is 3. The minimum absolute atomic E-state index is 0.139. The highest BCUT2D eigenvalue weighted by atomic mass is 16.6. The van der Waals surface area contributed by atoms with Crippen molar-refractivity contribution in [2.75, 3.05) is 4.90 Å². The molecule has 3 aliphatic heterocycles. The summed E-state index contributed by atoms with van der Waals surface area (Å²) in [4.78, 5) is 51.3. The zero-order valence-electron chi connectivity index (χ0n) is 16.2. The number of anilines is 1. The summed E-state index contributed by atoms with van der Waals surface area (Å²) in [5.74, 6) is -2.84. The van der Waals surface area contributed by atoms with Crippen LogP contribution in [0.1, 0.15) is 20.8 Å². The van der Waals surface area contributed by atoms with Gasteiger partial charge in [0.25, 0.3) is 5.69 Å². The highest BCUT2D eigenvalue weighted by Crippen LogP contribution is 2.47. The van der Waals surface area contributed by atoms with Crippen LogP contribution in [-0.2, 0) is 14.4 Å². The van der Waals surface area contributed by atoms with Crippen molar-refractivity contribution in [1.29, 1.82) is 0 Å². The van der Waals surface area contributed by atoms with Gasteiger partial charge in [0, 0.05) is 23.8 Å². The Morgan fingerprint density at radius 3 is 2.52 bits per heavy atom. The number of nitro benzene ring substituents is 1. The highest BCUT2D eigenvalue weighted by molar-refractivity contribution is 6.24. The summed E-state index contributed by atoms with van der Waals surface area (Å²) in [5, 5.41) is 16.9. The Kier molecular flexibility index (Phi) is 4.14. The summed E-state index contributed by atoms with van der Waals surface area (Å²) in [6.45, 7) is 5.29. The first-order valence-electron chi connectivity index (χ1n) is 9.28. The van der Waals surface area contributed by atoms with Crippen molar-refractivity contribution in [1.82, 2.24) is 5.01 Å². The standard InChI is InChI=1S/C20H20N4O5/c1-20(2,3)17(25)16-15-14(13-8-5-9-21-23(13)16)18(26)22(19(15)27)11-6-4-7-12(10-11)24(28)29/h4-10,13-16H,1-3H3/t13-,14+,15-,16+/m1/s1. The largest absolute Gasteiger partial charge is 0.297 e. The van der Waals surface area contributed by atoms with E-state index in [0.717, 1.165) is 4.90 Å². The number of nitro groups is 1. The molecular formula is C20H20N4O5. The Labute approximate surface area is 166 Å². The number of rotatable bonds is 3. The summed E-state index contributed by atoms with van der Waals surface area (Å²) in [5.41, 5.74) is -0.810. The van der Waals surface area contributed by atoms with Gasteiger partial charge in [0.2, 0.25) is 11.8 Å². The zero-order valence-corrected chi connectivity index (χ0v) is 16.2. The molecule has 2 saturated heterocycles. The van der Waals surface area contributed by atoms with Crippen molar-refractivity contribution in [2.24, 2.45) is 22.4 Å². The van der Waals surface area contributed by atoms with Crippen LogP contribution in [0, 0.1) is 27.4 Å². The Balaban J connectivity index is 1.79. The van der Waals surface area contributed by atoms with E-state index >= 15 is 0 Å². The van der Waals surface area contributed by atoms with Gasteiger partial charge in [-0.2, -0.15) is 5.10 Å². The van der Waals surface area contributed by atoms with Crippen LogP contribution in [0.4, 0.5) is 11.4 Å². The van der Waals surface area contributed by atoms with E-state index in [1.165, 1.54) is 30.5 Å². The van der Waals surface area contributed by atoms with Gasteiger partial charge in [0.05, 0.1) is 28.5 Å². The SMILES string of the molecule is CC(C)(C)C(=O)[C@@H]1[C@@H]2C(=O)N(c3cccc([N+](=O)[O-])c3)C(=O)[C@H]2[C@H]2C=CC=NN21.